The van der Waals surface area contributed by atoms with Gasteiger partial charge in [0.2, 0.25) is 0 Å². The molecular formula is C18H16N2O3S. The zero-order valence-corrected chi connectivity index (χ0v) is 13.6. The smallest absolute Gasteiger partial charge is 0.254 e. The van der Waals surface area contributed by atoms with E-state index in [0.29, 0.717) is 16.3 Å². The Balaban J connectivity index is 1.68. The molecule has 1 aromatic carbocycles. The van der Waals surface area contributed by atoms with Crippen LogP contribution in [0.4, 0.5) is 0 Å². The number of furan rings is 1. The molecule has 3 aromatic rings. The van der Waals surface area contributed by atoms with Crippen molar-refractivity contribution >= 4 is 17.7 Å². The summed E-state index contributed by atoms with van der Waals surface area (Å²) in [4.78, 5) is 17.7. The second-order valence-electron chi connectivity index (χ2n) is 5.01. The highest BCUT2D eigenvalue weighted by Gasteiger charge is 2.16. The van der Waals surface area contributed by atoms with Crippen molar-refractivity contribution in [3.8, 4) is 0 Å². The molecule has 122 valence electrons. The van der Waals surface area contributed by atoms with E-state index in [1.54, 1.807) is 30.5 Å². The number of hydrogen-bond acceptors (Lipinski definition) is 5. The first-order valence-corrected chi connectivity index (χ1v) is 8.23. The highest BCUT2D eigenvalue weighted by atomic mass is 32.2. The van der Waals surface area contributed by atoms with Crippen molar-refractivity contribution in [2.24, 2.45) is 0 Å². The third-order valence-corrected chi connectivity index (χ3v) is 4.33. The van der Waals surface area contributed by atoms with Crippen LogP contribution in [0.3, 0.4) is 0 Å². The van der Waals surface area contributed by atoms with Gasteiger partial charge in [-0.05, 0) is 36.4 Å². The van der Waals surface area contributed by atoms with Crippen molar-refractivity contribution in [2.75, 3.05) is 6.54 Å². The van der Waals surface area contributed by atoms with E-state index in [2.05, 4.69) is 10.3 Å². The SMILES string of the molecule is O=C(NCC(O)c1ccco1)c1cccnc1Sc1ccccc1. The van der Waals surface area contributed by atoms with E-state index < -0.39 is 6.10 Å². The van der Waals surface area contributed by atoms with Crippen molar-refractivity contribution in [1.29, 1.82) is 0 Å². The number of aliphatic hydroxyl groups is 1. The summed E-state index contributed by atoms with van der Waals surface area (Å²) in [5, 5.41) is 13.3. The molecule has 0 aliphatic rings. The number of pyridine rings is 1. The number of benzene rings is 1. The van der Waals surface area contributed by atoms with Crippen LogP contribution in [0.15, 0.2) is 81.4 Å². The lowest BCUT2D eigenvalue weighted by atomic mass is 10.2. The Bertz CT molecular complexity index is 791. The highest BCUT2D eigenvalue weighted by molar-refractivity contribution is 7.99. The van der Waals surface area contributed by atoms with Crippen LogP contribution in [0.25, 0.3) is 0 Å². The van der Waals surface area contributed by atoms with Crippen LogP contribution in [0.1, 0.15) is 22.2 Å². The minimum atomic E-state index is -0.883. The summed E-state index contributed by atoms with van der Waals surface area (Å²) in [5.41, 5.74) is 0.470. The Morgan fingerprint density at radius 2 is 2.00 bits per heavy atom. The van der Waals surface area contributed by atoms with Gasteiger partial charge in [0.05, 0.1) is 18.4 Å². The molecule has 2 heterocycles. The van der Waals surface area contributed by atoms with E-state index in [9.17, 15) is 9.90 Å². The molecule has 0 spiro atoms. The van der Waals surface area contributed by atoms with Gasteiger partial charge < -0.3 is 14.8 Å². The molecule has 0 bridgehead atoms. The van der Waals surface area contributed by atoms with Crippen molar-refractivity contribution in [3.63, 3.8) is 0 Å². The standard InChI is InChI=1S/C18H16N2O3S/c21-15(16-9-5-11-23-16)12-20-17(22)14-8-4-10-19-18(14)24-13-6-2-1-3-7-13/h1-11,15,21H,12H2,(H,20,22). The van der Waals surface area contributed by atoms with Crippen molar-refractivity contribution in [1.82, 2.24) is 10.3 Å². The van der Waals surface area contributed by atoms with Gasteiger partial charge >= 0.3 is 0 Å². The van der Waals surface area contributed by atoms with E-state index >= 15 is 0 Å². The normalized spacial score (nSPS) is 11.9. The first kappa shape index (κ1) is 16.3. The minimum Gasteiger partial charge on any atom is -0.467 e. The summed E-state index contributed by atoms with van der Waals surface area (Å²) < 4.78 is 5.12. The van der Waals surface area contributed by atoms with Crippen molar-refractivity contribution < 1.29 is 14.3 Å². The van der Waals surface area contributed by atoms with Crippen LogP contribution in [0, 0.1) is 0 Å². The number of aromatic nitrogens is 1. The fourth-order valence-corrected chi connectivity index (χ4v) is 3.01. The summed E-state index contributed by atoms with van der Waals surface area (Å²) >= 11 is 1.42. The molecule has 0 fully saturated rings. The molecule has 2 aromatic heterocycles. The average molecular weight is 340 g/mol. The minimum absolute atomic E-state index is 0.0662. The summed E-state index contributed by atoms with van der Waals surface area (Å²) in [7, 11) is 0. The summed E-state index contributed by atoms with van der Waals surface area (Å²) in [6.45, 7) is 0.0662. The summed E-state index contributed by atoms with van der Waals surface area (Å²) in [5.74, 6) is 0.132. The fraction of sp³-hybridized carbons (Fsp3) is 0.111. The molecular weight excluding hydrogens is 324 g/mol. The number of aliphatic hydroxyl groups excluding tert-OH is 1. The molecule has 1 amide bonds. The number of nitrogens with zero attached hydrogens (tertiary/aromatic N) is 1. The van der Waals surface area contributed by atoms with Gasteiger partial charge in [-0.3, -0.25) is 4.79 Å². The predicted molar refractivity (Wildman–Crippen MR) is 90.8 cm³/mol. The molecule has 2 N–H and O–H groups in total. The molecule has 5 nitrogen and oxygen atoms in total. The Hall–Kier alpha value is -2.57. The molecule has 0 aliphatic heterocycles. The highest BCUT2D eigenvalue weighted by Crippen LogP contribution is 2.28. The lowest BCUT2D eigenvalue weighted by Gasteiger charge is -2.11. The van der Waals surface area contributed by atoms with Crippen molar-refractivity contribution in [3.05, 3.63) is 78.4 Å². The van der Waals surface area contributed by atoms with Gasteiger partial charge in [-0.2, -0.15) is 0 Å². The number of carbonyl (C=O) groups excluding carboxylic acids is 1. The van der Waals surface area contributed by atoms with Gasteiger partial charge in [0.15, 0.2) is 0 Å². The molecule has 0 radical (unpaired) electrons. The summed E-state index contributed by atoms with van der Waals surface area (Å²) in [6, 6.07) is 16.5. The molecule has 1 unspecified atom stereocenters. The lowest BCUT2D eigenvalue weighted by Crippen LogP contribution is -2.28. The average Bonchev–Trinajstić information content (AvgIpc) is 3.15. The van der Waals surface area contributed by atoms with Gasteiger partial charge in [0.25, 0.3) is 5.91 Å². The van der Waals surface area contributed by atoms with Crippen LogP contribution in [0.2, 0.25) is 0 Å². The number of nitrogens with one attached hydrogen (secondary N) is 1. The van der Waals surface area contributed by atoms with Gasteiger partial charge in [0, 0.05) is 11.1 Å². The van der Waals surface area contributed by atoms with E-state index in [1.165, 1.54) is 18.0 Å². The quantitative estimate of drug-likeness (QED) is 0.720. The van der Waals surface area contributed by atoms with Crippen LogP contribution >= 0.6 is 11.8 Å². The number of amides is 1. The fourth-order valence-electron chi connectivity index (χ4n) is 2.11. The van der Waals surface area contributed by atoms with Crippen LogP contribution in [0.5, 0.6) is 0 Å². The number of rotatable bonds is 6. The second kappa shape index (κ2) is 7.81. The van der Waals surface area contributed by atoms with Crippen LogP contribution in [-0.4, -0.2) is 22.5 Å². The molecule has 24 heavy (non-hydrogen) atoms. The first-order chi connectivity index (χ1) is 11.7. The van der Waals surface area contributed by atoms with E-state index in [1.807, 2.05) is 30.3 Å². The monoisotopic (exact) mass is 340 g/mol. The maximum atomic E-state index is 12.4. The van der Waals surface area contributed by atoms with Gasteiger partial charge in [-0.1, -0.05) is 30.0 Å². The Morgan fingerprint density at radius 1 is 1.17 bits per heavy atom. The third kappa shape index (κ3) is 4.04. The Morgan fingerprint density at radius 3 is 2.75 bits per heavy atom. The Labute approximate surface area is 143 Å². The van der Waals surface area contributed by atoms with Gasteiger partial charge in [-0.15, -0.1) is 0 Å². The zero-order chi connectivity index (χ0) is 16.8. The molecule has 6 heteroatoms. The Kier molecular flexibility index (Phi) is 5.30. The molecule has 0 saturated carbocycles. The number of hydrogen-bond donors (Lipinski definition) is 2. The number of carbonyl (C=O) groups is 1. The topological polar surface area (TPSA) is 75.4 Å². The van der Waals surface area contributed by atoms with Gasteiger partial charge in [0.1, 0.15) is 16.9 Å². The first-order valence-electron chi connectivity index (χ1n) is 7.41. The van der Waals surface area contributed by atoms with E-state index in [0.717, 1.165) is 4.90 Å². The summed E-state index contributed by atoms with van der Waals surface area (Å²) in [6.07, 6.45) is 2.25. The third-order valence-electron chi connectivity index (χ3n) is 3.30. The predicted octanol–water partition coefficient (Wildman–Crippen LogP) is 3.29. The van der Waals surface area contributed by atoms with Crippen LogP contribution in [-0.2, 0) is 0 Å². The maximum absolute atomic E-state index is 12.4. The van der Waals surface area contributed by atoms with Gasteiger partial charge in [-0.25, -0.2) is 4.98 Å². The molecule has 1 atom stereocenters. The largest absolute Gasteiger partial charge is 0.467 e. The second-order valence-corrected chi connectivity index (χ2v) is 6.07. The van der Waals surface area contributed by atoms with E-state index in [-0.39, 0.29) is 12.5 Å². The van der Waals surface area contributed by atoms with Crippen LogP contribution < -0.4 is 5.32 Å². The maximum Gasteiger partial charge on any atom is 0.254 e. The lowest BCUT2D eigenvalue weighted by molar-refractivity contribution is 0.0897. The molecule has 0 aliphatic carbocycles. The molecule has 3 rings (SSSR count). The van der Waals surface area contributed by atoms with E-state index in [4.69, 9.17) is 4.42 Å². The van der Waals surface area contributed by atoms with Crippen molar-refractivity contribution in [2.45, 2.75) is 16.0 Å². The molecule has 0 saturated heterocycles. The zero-order valence-electron chi connectivity index (χ0n) is 12.8.